The summed E-state index contributed by atoms with van der Waals surface area (Å²) in [6.45, 7) is -0.316. The fourth-order valence-electron chi connectivity index (χ4n) is 3.08. The lowest BCUT2D eigenvalue weighted by Gasteiger charge is -2.14. The number of halogens is 1. The van der Waals surface area contributed by atoms with Gasteiger partial charge in [0.25, 0.3) is 11.6 Å². The minimum Gasteiger partial charge on any atom is -0.497 e. The second-order valence-corrected chi connectivity index (χ2v) is 7.48. The van der Waals surface area contributed by atoms with Crippen molar-refractivity contribution in [2.24, 2.45) is 0 Å². The second kappa shape index (κ2) is 11.5. The summed E-state index contributed by atoms with van der Waals surface area (Å²) in [5.41, 5.74) is 1.81. The lowest BCUT2D eigenvalue weighted by atomic mass is 10.0. The first-order valence-corrected chi connectivity index (χ1v) is 10.5. The lowest BCUT2D eigenvalue weighted by Crippen LogP contribution is -2.20. The maximum Gasteiger partial charge on any atom is 0.269 e. The molecule has 3 aromatic carbocycles. The first kappa shape index (κ1) is 25.1. The number of benzene rings is 3. The molecule has 0 atom stereocenters. The highest BCUT2D eigenvalue weighted by Gasteiger charge is 2.15. The Balaban J connectivity index is 1.76. The number of carbonyl (C=O) groups is 1. The number of hydrogen-bond acceptors (Lipinski definition) is 7. The maximum atomic E-state index is 12.3. The molecule has 0 radical (unpaired) electrons. The molecular weight excluding hydrogens is 474 g/mol. The fraction of sp³-hybridized carbons (Fsp3) is 0.120. The Labute approximate surface area is 206 Å². The summed E-state index contributed by atoms with van der Waals surface area (Å²) in [6.07, 6.45) is 1.57. The molecule has 3 rings (SSSR count). The summed E-state index contributed by atoms with van der Waals surface area (Å²) in [5.74, 6) is 0.701. The number of methoxy groups -OCH3 is 2. The van der Waals surface area contributed by atoms with E-state index in [9.17, 15) is 20.2 Å². The molecule has 3 aromatic rings. The fourth-order valence-corrected chi connectivity index (χ4v) is 3.36. The van der Waals surface area contributed by atoms with Gasteiger partial charge in [0.1, 0.15) is 5.75 Å². The molecule has 1 N–H and O–H groups in total. The van der Waals surface area contributed by atoms with E-state index in [-0.39, 0.29) is 34.4 Å². The van der Waals surface area contributed by atoms with Gasteiger partial charge in [-0.15, -0.1) is 0 Å². The molecule has 10 heteroatoms. The van der Waals surface area contributed by atoms with Crippen LogP contribution in [-0.4, -0.2) is 31.7 Å². The van der Waals surface area contributed by atoms with Crippen LogP contribution in [0, 0.1) is 21.4 Å². The number of nitro groups is 1. The number of nitrogens with one attached hydrogen (secondary N) is 1. The van der Waals surface area contributed by atoms with E-state index in [1.165, 1.54) is 31.4 Å². The van der Waals surface area contributed by atoms with E-state index in [1.54, 1.807) is 49.6 Å². The number of amides is 1. The molecular formula is C25H20ClN3O6. The first-order valence-electron chi connectivity index (χ1n) is 10.2. The average Bonchev–Trinajstić information content (AvgIpc) is 2.86. The third kappa shape index (κ3) is 6.50. The van der Waals surface area contributed by atoms with Gasteiger partial charge in [-0.05, 0) is 65.7 Å². The minimum absolute atomic E-state index is 0.0757. The lowest BCUT2D eigenvalue weighted by molar-refractivity contribution is -0.384. The van der Waals surface area contributed by atoms with Crippen LogP contribution >= 0.6 is 11.6 Å². The molecule has 0 aliphatic rings. The summed E-state index contributed by atoms with van der Waals surface area (Å²) in [5, 5.41) is 23.3. The number of rotatable bonds is 9. The Morgan fingerprint density at radius 2 is 1.80 bits per heavy atom. The van der Waals surface area contributed by atoms with Crippen LogP contribution in [0.25, 0.3) is 11.6 Å². The van der Waals surface area contributed by atoms with Crippen LogP contribution in [0.15, 0.2) is 60.7 Å². The minimum atomic E-state index is -0.514. The summed E-state index contributed by atoms with van der Waals surface area (Å²) in [7, 11) is 2.97. The number of ether oxygens (including phenoxy) is 3. The predicted octanol–water partition coefficient (Wildman–Crippen LogP) is 5.35. The van der Waals surface area contributed by atoms with Gasteiger partial charge in [0, 0.05) is 17.8 Å². The molecule has 0 bridgehead atoms. The van der Waals surface area contributed by atoms with Gasteiger partial charge in [0.05, 0.1) is 35.8 Å². The molecule has 35 heavy (non-hydrogen) atoms. The normalized spacial score (nSPS) is 10.7. The van der Waals surface area contributed by atoms with Crippen molar-refractivity contribution in [1.29, 1.82) is 5.26 Å². The predicted molar refractivity (Wildman–Crippen MR) is 132 cm³/mol. The third-order valence-corrected chi connectivity index (χ3v) is 5.07. The smallest absolute Gasteiger partial charge is 0.269 e. The number of nitrogens with zero attached hydrogens (tertiary/aromatic N) is 2. The van der Waals surface area contributed by atoms with Gasteiger partial charge in [-0.3, -0.25) is 14.9 Å². The van der Waals surface area contributed by atoms with Crippen LogP contribution in [0.2, 0.25) is 5.02 Å². The van der Waals surface area contributed by atoms with Crippen LogP contribution in [-0.2, 0) is 4.79 Å². The standard InChI is InChI=1S/C25H20ClN3O6/c1-33-21-9-5-19(6-10-21)28-24(30)15-35-25-22(26)12-16(13-23(25)34-2)11-18(14-27)17-3-7-20(8-4-17)29(31)32/h3-13H,15H2,1-2H3,(H,28,30)/b18-11+. The summed E-state index contributed by atoms with van der Waals surface area (Å²) >= 11 is 6.38. The number of nitriles is 1. The van der Waals surface area contributed by atoms with Gasteiger partial charge in [-0.2, -0.15) is 5.26 Å². The highest BCUT2D eigenvalue weighted by molar-refractivity contribution is 6.32. The number of carbonyl (C=O) groups excluding carboxylic acids is 1. The second-order valence-electron chi connectivity index (χ2n) is 7.07. The largest absolute Gasteiger partial charge is 0.497 e. The molecule has 0 saturated heterocycles. The van der Waals surface area contributed by atoms with E-state index in [0.29, 0.717) is 22.6 Å². The van der Waals surface area contributed by atoms with E-state index in [0.717, 1.165) is 0 Å². The Hall–Kier alpha value is -4.55. The van der Waals surface area contributed by atoms with Crippen molar-refractivity contribution in [3.8, 4) is 23.3 Å². The Morgan fingerprint density at radius 1 is 1.11 bits per heavy atom. The first-order chi connectivity index (χ1) is 16.8. The molecule has 0 unspecified atom stereocenters. The number of non-ortho nitro benzene ring substituents is 1. The molecule has 178 valence electrons. The van der Waals surface area contributed by atoms with E-state index >= 15 is 0 Å². The van der Waals surface area contributed by atoms with Gasteiger partial charge in [-0.25, -0.2) is 0 Å². The topological polar surface area (TPSA) is 124 Å². The van der Waals surface area contributed by atoms with Crippen molar-refractivity contribution in [1.82, 2.24) is 0 Å². The van der Waals surface area contributed by atoms with Crippen LogP contribution in [0.1, 0.15) is 11.1 Å². The zero-order valence-corrected chi connectivity index (χ0v) is 19.5. The Kier molecular flexibility index (Phi) is 8.27. The van der Waals surface area contributed by atoms with Crippen molar-refractivity contribution >= 4 is 40.5 Å². The van der Waals surface area contributed by atoms with Gasteiger partial charge < -0.3 is 19.5 Å². The molecule has 9 nitrogen and oxygen atoms in total. The van der Waals surface area contributed by atoms with Crippen LogP contribution in [0.5, 0.6) is 17.2 Å². The molecule has 1 amide bonds. The molecule has 0 fully saturated rings. The van der Waals surface area contributed by atoms with Crippen LogP contribution in [0.3, 0.4) is 0 Å². The van der Waals surface area contributed by atoms with Gasteiger partial charge in [0.2, 0.25) is 0 Å². The molecule has 0 aliphatic heterocycles. The Morgan fingerprint density at radius 3 is 2.37 bits per heavy atom. The van der Waals surface area contributed by atoms with Crippen LogP contribution < -0.4 is 19.5 Å². The zero-order valence-electron chi connectivity index (χ0n) is 18.8. The molecule has 0 aromatic heterocycles. The van der Waals surface area contributed by atoms with E-state index in [4.69, 9.17) is 25.8 Å². The molecule has 0 spiro atoms. The summed E-state index contributed by atoms with van der Waals surface area (Å²) < 4.78 is 16.0. The summed E-state index contributed by atoms with van der Waals surface area (Å²) in [6, 6.07) is 17.7. The SMILES string of the molecule is COc1ccc(NC(=O)COc2c(Cl)cc(/C=C(\C#N)c3ccc([N+](=O)[O-])cc3)cc2OC)cc1. The van der Waals surface area contributed by atoms with Crippen molar-refractivity contribution < 1.29 is 23.9 Å². The Bertz CT molecular complexity index is 1300. The van der Waals surface area contributed by atoms with Gasteiger partial charge in [0.15, 0.2) is 18.1 Å². The molecule has 0 heterocycles. The molecule has 0 aliphatic carbocycles. The quantitative estimate of drug-likeness (QED) is 0.184. The average molecular weight is 494 g/mol. The van der Waals surface area contributed by atoms with Gasteiger partial charge >= 0.3 is 0 Å². The molecule has 0 saturated carbocycles. The van der Waals surface area contributed by atoms with Crippen LogP contribution in [0.4, 0.5) is 11.4 Å². The zero-order chi connectivity index (χ0) is 25.4. The van der Waals surface area contributed by atoms with E-state index in [2.05, 4.69) is 11.4 Å². The van der Waals surface area contributed by atoms with E-state index in [1.807, 2.05) is 0 Å². The van der Waals surface area contributed by atoms with Crippen molar-refractivity contribution in [3.05, 3.63) is 86.9 Å². The maximum absolute atomic E-state index is 12.3. The monoisotopic (exact) mass is 493 g/mol. The van der Waals surface area contributed by atoms with E-state index < -0.39 is 10.8 Å². The highest BCUT2D eigenvalue weighted by Crippen LogP contribution is 2.37. The van der Waals surface area contributed by atoms with Crippen molar-refractivity contribution in [2.75, 3.05) is 26.1 Å². The highest BCUT2D eigenvalue weighted by atomic mass is 35.5. The number of nitro benzene ring substituents is 1. The number of hydrogen-bond donors (Lipinski definition) is 1. The van der Waals surface area contributed by atoms with Crippen molar-refractivity contribution in [2.45, 2.75) is 0 Å². The number of anilines is 1. The number of allylic oxidation sites excluding steroid dienone is 1. The van der Waals surface area contributed by atoms with Crippen molar-refractivity contribution in [3.63, 3.8) is 0 Å². The van der Waals surface area contributed by atoms with Gasteiger partial charge in [-0.1, -0.05) is 11.6 Å². The third-order valence-electron chi connectivity index (χ3n) is 4.79. The summed E-state index contributed by atoms with van der Waals surface area (Å²) in [4.78, 5) is 22.6.